The van der Waals surface area contributed by atoms with Gasteiger partial charge in [-0.25, -0.2) is 4.79 Å². The van der Waals surface area contributed by atoms with E-state index in [1.165, 1.54) is 4.90 Å². The number of amides is 1. The number of nitrogens with zero attached hydrogens (tertiary/aromatic N) is 2. The van der Waals surface area contributed by atoms with Gasteiger partial charge in [0, 0.05) is 19.4 Å². The smallest absolute Gasteiger partial charge is 0.411 e. The summed E-state index contributed by atoms with van der Waals surface area (Å²) >= 11 is 0. The number of rotatable bonds is 3. The standard InChI is InChI=1S/C14H20N2O3/c1-13(2,3)19-12(18)16(5)14(4,10-17)11-6-8-15-9-7-11/h6-10H,1-5H3. The average Bonchev–Trinajstić information content (AvgIpc) is 2.36. The van der Waals surface area contributed by atoms with Gasteiger partial charge >= 0.3 is 6.09 Å². The molecule has 1 aromatic rings. The monoisotopic (exact) mass is 264 g/mol. The van der Waals surface area contributed by atoms with Crippen molar-refractivity contribution < 1.29 is 14.3 Å². The van der Waals surface area contributed by atoms with Crippen LogP contribution in [0.2, 0.25) is 0 Å². The Labute approximate surface area is 113 Å². The van der Waals surface area contributed by atoms with Gasteiger partial charge in [-0.05, 0) is 45.4 Å². The predicted molar refractivity (Wildman–Crippen MR) is 71.7 cm³/mol. The summed E-state index contributed by atoms with van der Waals surface area (Å²) in [5, 5.41) is 0. The number of carbonyl (C=O) groups is 2. The molecule has 0 aliphatic rings. The summed E-state index contributed by atoms with van der Waals surface area (Å²) in [4.78, 5) is 28.7. The van der Waals surface area contributed by atoms with E-state index in [1.54, 1.807) is 59.3 Å². The van der Waals surface area contributed by atoms with Gasteiger partial charge in [-0.15, -0.1) is 0 Å². The van der Waals surface area contributed by atoms with E-state index in [2.05, 4.69) is 4.98 Å². The molecular weight excluding hydrogens is 244 g/mol. The molecule has 1 heterocycles. The second-order valence-corrected chi connectivity index (χ2v) is 5.54. The van der Waals surface area contributed by atoms with E-state index in [0.29, 0.717) is 5.56 Å². The first kappa shape index (κ1) is 15.1. The van der Waals surface area contributed by atoms with Crippen molar-refractivity contribution in [3.05, 3.63) is 30.1 Å². The first-order chi connectivity index (χ1) is 8.70. The van der Waals surface area contributed by atoms with Crippen molar-refractivity contribution in [2.24, 2.45) is 0 Å². The highest BCUT2D eigenvalue weighted by atomic mass is 16.6. The van der Waals surface area contributed by atoms with Crippen molar-refractivity contribution in [3.63, 3.8) is 0 Å². The predicted octanol–water partition coefficient (Wildman–Crippen LogP) is 2.36. The lowest BCUT2D eigenvalue weighted by Gasteiger charge is -2.35. The number of likely N-dealkylation sites (N-methyl/N-ethyl adjacent to an activating group) is 1. The highest BCUT2D eigenvalue weighted by Gasteiger charge is 2.36. The molecule has 104 valence electrons. The molecule has 1 atom stereocenters. The first-order valence-corrected chi connectivity index (χ1v) is 6.04. The van der Waals surface area contributed by atoms with Crippen LogP contribution < -0.4 is 0 Å². The molecule has 1 amide bonds. The van der Waals surface area contributed by atoms with Crippen LogP contribution in [0.25, 0.3) is 0 Å². The van der Waals surface area contributed by atoms with Crippen LogP contribution in [-0.4, -0.2) is 34.9 Å². The topological polar surface area (TPSA) is 59.5 Å². The van der Waals surface area contributed by atoms with Crippen LogP contribution in [-0.2, 0) is 15.1 Å². The van der Waals surface area contributed by atoms with Gasteiger partial charge in [0.15, 0.2) is 0 Å². The van der Waals surface area contributed by atoms with E-state index in [1.807, 2.05) is 0 Å². The molecule has 5 heteroatoms. The van der Waals surface area contributed by atoms with Gasteiger partial charge in [0.25, 0.3) is 0 Å². The van der Waals surface area contributed by atoms with Gasteiger partial charge in [-0.3, -0.25) is 9.88 Å². The number of carbonyl (C=O) groups excluding carboxylic acids is 2. The van der Waals surface area contributed by atoms with Crippen LogP contribution in [0, 0.1) is 0 Å². The Kier molecular flexibility index (Phi) is 4.29. The largest absolute Gasteiger partial charge is 0.444 e. The van der Waals surface area contributed by atoms with Crippen molar-refractivity contribution in [2.45, 2.75) is 38.8 Å². The third-order valence-corrected chi connectivity index (χ3v) is 2.86. The summed E-state index contributed by atoms with van der Waals surface area (Å²) in [6, 6.07) is 3.41. The zero-order valence-corrected chi connectivity index (χ0v) is 12.0. The van der Waals surface area contributed by atoms with Crippen LogP contribution >= 0.6 is 0 Å². The normalized spacial score (nSPS) is 14.4. The van der Waals surface area contributed by atoms with Crippen molar-refractivity contribution in [1.82, 2.24) is 9.88 Å². The third kappa shape index (κ3) is 3.53. The lowest BCUT2D eigenvalue weighted by molar-refractivity contribution is -0.117. The molecule has 0 aliphatic heterocycles. The number of aromatic nitrogens is 1. The Balaban J connectivity index is 3.03. The lowest BCUT2D eigenvalue weighted by atomic mass is 9.93. The van der Waals surface area contributed by atoms with Gasteiger partial charge in [-0.2, -0.15) is 0 Å². The minimum absolute atomic E-state index is 0.543. The van der Waals surface area contributed by atoms with E-state index < -0.39 is 17.2 Å². The maximum absolute atomic E-state index is 12.1. The molecule has 0 spiro atoms. The Morgan fingerprint density at radius 2 is 1.79 bits per heavy atom. The van der Waals surface area contributed by atoms with Gasteiger partial charge in [0.05, 0.1) is 0 Å². The van der Waals surface area contributed by atoms with Crippen LogP contribution in [0.15, 0.2) is 24.5 Å². The maximum Gasteiger partial charge on any atom is 0.411 e. The molecule has 0 N–H and O–H groups in total. The van der Waals surface area contributed by atoms with Crippen molar-refractivity contribution in [1.29, 1.82) is 0 Å². The highest BCUT2D eigenvalue weighted by molar-refractivity contribution is 5.77. The van der Waals surface area contributed by atoms with E-state index in [-0.39, 0.29) is 0 Å². The lowest BCUT2D eigenvalue weighted by Crippen LogP contribution is -2.48. The zero-order chi connectivity index (χ0) is 14.7. The molecule has 0 bridgehead atoms. The SMILES string of the molecule is CN(C(=O)OC(C)(C)C)C(C)(C=O)c1ccncc1. The van der Waals surface area contributed by atoms with Crippen LogP contribution in [0.1, 0.15) is 33.3 Å². The molecular formula is C14H20N2O3. The molecule has 0 aromatic carbocycles. The Hall–Kier alpha value is -1.91. The van der Waals surface area contributed by atoms with Crippen LogP contribution in [0.3, 0.4) is 0 Å². The first-order valence-electron chi connectivity index (χ1n) is 6.04. The van der Waals surface area contributed by atoms with Crippen LogP contribution in [0.4, 0.5) is 4.79 Å². The summed E-state index contributed by atoms with van der Waals surface area (Å²) < 4.78 is 5.28. The zero-order valence-electron chi connectivity index (χ0n) is 12.0. The van der Waals surface area contributed by atoms with E-state index in [0.717, 1.165) is 6.29 Å². The van der Waals surface area contributed by atoms with Crippen LogP contribution in [0.5, 0.6) is 0 Å². The van der Waals surface area contributed by atoms with E-state index >= 15 is 0 Å². The van der Waals surface area contributed by atoms with Gasteiger partial charge < -0.3 is 9.53 Å². The second-order valence-electron chi connectivity index (χ2n) is 5.54. The number of pyridine rings is 1. The van der Waals surface area contributed by atoms with Gasteiger partial charge in [0.2, 0.25) is 0 Å². The number of hydrogen-bond donors (Lipinski definition) is 0. The Morgan fingerprint density at radius 1 is 1.26 bits per heavy atom. The summed E-state index contributed by atoms with van der Waals surface area (Å²) in [5.74, 6) is 0. The molecule has 19 heavy (non-hydrogen) atoms. The molecule has 1 aromatic heterocycles. The fraction of sp³-hybridized carbons (Fsp3) is 0.500. The van der Waals surface area contributed by atoms with Gasteiger partial charge in [-0.1, -0.05) is 0 Å². The number of hydrogen-bond acceptors (Lipinski definition) is 4. The van der Waals surface area contributed by atoms with Crippen molar-refractivity contribution in [3.8, 4) is 0 Å². The van der Waals surface area contributed by atoms with Crippen molar-refractivity contribution >= 4 is 12.4 Å². The van der Waals surface area contributed by atoms with Gasteiger partial charge in [0.1, 0.15) is 17.4 Å². The maximum atomic E-state index is 12.1. The third-order valence-electron chi connectivity index (χ3n) is 2.86. The summed E-state index contributed by atoms with van der Waals surface area (Å²) in [7, 11) is 1.54. The fourth-order valence-electron chi connectivity index (χ4n) is 1.55. The number of ether oxygens (including phenoxy) is 1. The summed E-state index contributed by atoms with van der Waals surface area (Å²) in [6.07, 6.45) is 3.35. The minimum Gasteiger partial charge on any atom is -0.444 e. The highest BCUT2D eigenvalue weighted by Crippen LogP contribution is 2.26. The quantitative estimate of drug-likeness (QED) is 0.786. The van der Waals surface area contributed by atoms with Crippen molar-refractivity contribution in [2.75, 3.05) is 7.05 Å². The average molecular weight is 264 g/mol. The fourth-order valence-corrected chi connectivity index (χ4v) is 1.55. The summed E-state index contributed by atoms with van der Waals surface area (Å²) in [6.45, 7) is 7.01. The summed E-state index contributed by atoms with van der Waals surface area (Å²) in [5.41, 5.74) is -0.996. The molecule has 0 fully saturated rings. The Bertz CT molecular complexity index is 454. The molecule has 0 radical (unpaired) electrons. The molecule has 1 rings (SSSR count). The Morgan fingerprint density at radius 3 is 2.21 bits per heavy atom. The van der Waals surface area contributed by atoms with E-state index in [9.17, 15) is 9.59 Å². The van der Waals surface area contributed by atoms with E-state index in [4.69, 9.17) is 4.74 Å². The molecule has 0 saturated heterocycles. The molecule has 0 aliphatic carbocycles. The minimum atomic E-state index is -1.08. The molecule has 5 nitrogen and oxygen atoms in total. The number of aldehydes is 1. The molecule has 0 saturated carbocycles. The second kappa shape index (κ2) is 5.38. The molecule has 1 unspecified atom stereocenters.